The van der Waals surface area contributed by atoms with Crippen molar-refractivity contribution in [2.24, 2.45) is 0 Å². The number of ether oxygens (including phenoxy) is 1. The van der Waals surface area contributed by atoms with Gasteiger partial charge in [-0.3, -0.25) is 4.68 Å². The molecule has 0 aliphatic rings. The summed E-state index contributed by atoms with van der Waals surface area (Å²) in [6.45, 7) is 2.81. The summed E-state index contributed by atoms with van der Waals surface area (Å²) in [5.41, 5.74) is 0.411. The van der Waals surface area contributed by atoms with Gasteiger partial charge in [0.1, 0.15) is 11.6 Å². The smallest absolute Gasteiger partial charge is 0.328 e. The van der Waals surface area contributed by atoms with Crippen molar-refractivity contribution in [3.05, 3.63) is 48.0 Å². The number of carboxylic acid groups (broad SMARTS) is 1. The molecule has 1 heterocycles. The van der Waals surface area contributed by atoms with Crippen molar-refractivity contribution in [2.75, 3.05) is 0 Å². The SMILES string of the molecule is CCCn1cc(Oc2cc(F)cc(/C=C/C(=O)O)c2)cn1. The molecule has 0 spiro atoms. The Bertz CT molecular complexity index is 665. The highest BCUT2D eigenvalue weighted by molar-refractivity contribution is 5.85. The van der Waals surface area contributed by atoms with Crippen LogP contribution in [0.4, 0.5) is 4.39 Å². The van der Waals surface area contributed by atoms with E-state index < -0.39 is 11.8 Å². The molecule has 0 fully saturated rings. The minimum absolute atomic E-state index is 0.288. The van der Waals surface area contributed by atoms with Gasteiger partial charge in [0.05, 0.1) is 12.4 Å². The molecule has 0 saturated heterocycles. The van der Waals surface area contributed by atoms with Crippen molar-refractivity contribution in [2.45, 2.75) is 19.9 Å². The van der Waals surface area contributed by atoms with Crippen molar-refractivity contribution in [3.63, 3.8) is 0 Å². The van der Waals surface area contributed by atoms with Crippen LogP contribution in [0.5, 0.6) is 11.5 Å². The number of carboxylic acids is 1. The van der Waals surface area contributed by atoms with E-state index in [-0.39, 0.29) is 5.75 Å². The van der Waals surface area contributed by atoms with Crippen LogP contribution < -0.4 is 4.74 Å². The molecule has 0 atom stereocenters. The molecule has 0 aliphatic heterocycles. The second-order valence-electron chi connectivity index (χ2n) is 4.43. The third-order valence-electron chi connectivity index (χ3n) is 2.61. The summed E-state index contributed by atoms with van der Waals surface area (Å²) in [6.07, 6.45) is 6.47. The Kier molecular flexibility index (Phi) is 4.71. The van der Waals surface area contributed by atoms with Crippen LogP contribution in [0.1, 0.15) is 18.9 Å². The lowest BCUT2D eigenvalue weighted by atomic mass is 10.2. The van der Waals surface area contributed by atoms with Gasteiger partial charge in [-0.25, -0.2) is 9.18 Å². The summed E-state index contributed by atoms with van der Waals surface area (Å²) in [7, 11) is 0. The average molecular weight is 290 g/mol. The molecule has 2 rings (SSSR count). The quantitative estimate of drug-likeness (QED) is 0.829. The molecule has 0 unspecified atom stereocenters. The monoisotopic (exact) mass is 290 g/mol. The predicted octanol–water partition coefficient (Wildman–Crippen LogP) is 3.32. The van der Waals surface area contributed by atoms with Crippen LogP contribution in [0.3, 0.4) is 0 Å². The van der Waals surface area contributed by atoms with E-state index in [1.165, 1.54) is 18.2 Å². The maximum Gasteiger partial charge on any atom is 0.328 e. The number of rotatable bonds is 6. The second-order valence-corrected chi connectivity index (χ2v) is 4.43. The van der Waals surface area contributed by atoms with Crippen LogP contribution in [-0.4, -0.2) is 20.9 Å². The second kappa shape index (κ2) is 6.69. The van der Waals surface area contributed by atoms with Crippen LogP contribution in [0.2, 0.25) is 0 Å². The lowest BCUT2D eigenvalue weighted by Crippen LogP contribution is -1.95. The van der Waals surface area contributed by atoms with E-state index in [9.17, 15) is 9.18 Å². The third-order valence-corrected chi connectivity index (χ3v) is 2.61. The summed E-state index contributed by atoms with van der Waals surface area (Å²) in [5, 5.41) is 12.7. The van der Waals surface area contributed by atoms with Crippen LogP contribution >= 0.6 is 0 Å². The lowest BCUT2D eigenvalue weighted by Gasteiger charge is -2.04. The van der Waals surface area contributed by atoms with Crippen molar-refractivity contribution >= 4 is 12.0 Å². The Balaban J connectivity index is 2.17. The molecule has 21 heavy (non-hydrogen) atoms. The molecule has 0 aliphatic carbocycles. The van der Waals surface area contributed by atoms with E-state index in [4.69, 9.17) is 9.84 Å². The number of aromatic nitrogens is 2. The lowest BCUT2D eigenvalue weighted by molar-refractivity contribution is -0.131. The highest BCUT2D eigenvalue weighted by atomic mass is 19.1. The van der Waals surface area contributed by atoms with Gasteiger partial charge in [0, 0.05) is 18.7 Å². The number of hydrogen-bond acceptors (Lipinski definition) is 3. The number of hydrogen-bond donors (Lipinski definition) is 1. The first-order valence-electron chi connectivity index (χ1n) is 6.48. The maximum absolute atomic E-state index is 13.5. The summed E-state index contributed by atoms with van der Waals surface area (Å²) in [5.74, 6) is -0.806. The van der Waals surface area contributed by atoms with Crippen molar-refractivity contribution in [3.8, 4) is 11.5 Å². The summed E-state index contributed by atoms with van der Waals surface area (Å²) >= 11 is 0. The van der Waals surface area contributed by atoms with E-state index in [0.717, 1.165) is 19.0 Å². The molecule has 1 aromatic carbocycles. The topological polar surface area (TPSA) is 64.3 Å². The van der Waals surface area contributed by atoms with Crippen LogP contribution in [0.25, 0.3) is 6.08 Å². The zero-order valence-corrected chi connectivity index (χ0v) is 11.5. The fourth-order valence-electron chi connectivity index (χ4n) is 1.79. The summed E-state index contributed by atoms with van der Waals surface area (Å²) < 4.78 is 20.8. The average Bonchev–Trinajstić information content (AvgIpc) is 2.83. The molecule has 1 N–H and O–H groups in total. The Morgan fingerprint density at radius 1 is 1.43 bits per heavy atom. The van der Waals surface area contributed by atoms with Crippen LogP contribution in [0.15, 0.2) is 36.7 Å². The molecule has 6 heteroatoms. The molecule has 110 valence electrons. The highest BCUT2D eigenvalue weighted by Gasteiger charge is 2.04. The van der Waals surface area contributed by atoms with Gasteiger partial charge in [-0.2, -0.15) is 5.10 Å². The Labute approximate surface area is 121 Å². The minimum Gasteiger partial charge on any atom is -0.478 e. The van der Waals surface area contributed by atoms with Gasteiger partial charge in [0.25, 0.3) is 0 Å². The number of aliphatic carboxylic acids is 1. The number of aryl methyl sites for hydroxylation is 1. The first kappa shape index (κ1) is 14.8. The molecule has 5 nitrogen and oxygen atoms in total. The molecule has 0 amide bonds. The first-order valence-corrected chi connectivity index (χ1v) is 6.48. The number of benzene rings is 1. The molecular formula is C15H15FN2O3. The van der Waals surface area contributed by atoms with Gasteiger partial charge in [-0.15, -0.1) is 0 Å². The zero-order valence-electron chi connectivity index (χ0n) is 11.5. The molecule has 0 radical (unpaired) electrons. The van der Waals surface area contributed by atoms with Crippen molar-refractivity contribution in [1.82, 2.24) is 9.78 Å². The van der Waals surface area contributed by atoms with Gasteiger partial charge in [0.2, 0.25) is 0 Å². The molecule has 2 aromatic rings. The fraction of sp³-hybridized carbons (Fsp3) is 0.200. The van der Waals surface area contributed by atoms with Gasteiger partial charge < -0.3 is 9.84 Å². The van der Waals surface area contributed by atoms with Crippen LogP contribution in [-0.2, 0) is 11.3 Å². The third kappa shape index (κ3) is 4.45. The zero-order chi connectivity index (χ0) is 15.2. The Hall–Kier alpha value is -2.63. The Morgan fingerprint density at radius 3 is 2.95 bits per heavy atom. The van der Waals surface area contributed by atoms with Gasteiger partial charge in [-0.1, -0.05) is 6.92 Å². The largest absolute Gasteiger partial charge is 0.478 e. The Morgan fingerprint density at radius 2 is 2.24 bits per heavy atom. The maximum atomic E-state index is 13.5. The molecular weight excluding hydrogens is 275 g/mol. The molecule has 0 saturated carbocycles. The first-order chi connectivity index (χ1) is 10.1. The van der Waals surface area contributed by atoms with Crippen molar-refractivity contribution < 1.29 is 19.0 Å². The van der Waals surface area contributed by atoms with Gasteiger partial charge in [-0.05, 0) is 30.2 Å². The summed E-state index contributed by atoms with van der Waals surface area (Å²) in [4.78, 5) is 10.5. The molecule has 1 aromatic heterocycles. The fourth-order valence-corrected chi connectivity index (χ4v) is 1.79. The highest BCUT2D eigenvalue weighted by Crippen LogP contribution is 2.24. The normalized spacial score (nSPS) is 11.0. The van der Waals surface area contributed by atoms with E-state index in [0.29, 0.717) is 11.3 Å². The number of halogens is 1. The summed E-state index contributed by atoms with van der Waals surface area (Å²) in [6, 6.07) is 4.02. The van der Waals surface area contributed by atoms with E-state index in [2.05, 4.69) is 5.10 Å². The van der Waals surface area contributed by atoms with Gasteiger partial charge in [0.15, 0.2) is 5.75 Å². The predicted molar refractivity (Wildman–Crippen MR) is 75.7 cm³/mol. The number of carbonyl (C=O) groups is 1. The van der Waals surface area contributed by atoms with Crippen LogP contribution in [0, 0.1) is 5.82 Å². The standard InChI is InChI=1S/C15H15FN2O3/c1-2-5-18-10-14(9-17-18)21-13-7-11(3-4-15(19)20)6-12(16)8-13/h3-4,6-10H,2,5H2,1H3,(H,19,20)/b4-3+. The van der Waals surface area contributed by atoms with E-state index in [1.54, 1.807) is 23.1 Å². The van der Waals surface area contributed by atoms with Gasteiger partial charge >= 0.3 is 5.97 Å². The van der Waals surface area contributed by atoms with Crippen molar-refractivity contribution in [1.29, 1.82) is 0 Å². The van der Waals surface area contributed by atoms with E-state index in [1.807, 2.05) is 6.92 Å². The minimum atomic E-state index is -1.09. The van der Waals surface area contributed by atoms with E-state index >= 15 is 0 Å². The molecule has 0 bridgehead atoms. The number of nitrogens with zero attached hydrogens (tertiary/aromatic N) is 2.